The third kappa shape index (κ3) is 4.69. The van der Waals surface area contributed by atoms with E-state index in [1.807, 2.05) is 31.2 Å². The highest BCUT2D eigenvalue weighted by Gasteiger charge is 2.17. The number of hydrogen-bond donors (Lipinski definition) is 2. The molecule has 94 valence electrons. The van der Waals surface area contributed by atoms with E-state index in [0.29, 0.717) is 6.42 Å². The summed E-state index contributed by atoms with van der Waals surface area (Å²) in [4.78, 5) is 11.1. The summed E-state index contributed by atoms with van der Waals surface area (Å²) < 4.78 is 0. The van der Waals surface area contributed by atoms with Gasteiger partial charge in [0.25, 0.3) is 0 Å². The van der Waals surface area contributed by atoms with E-state index in [4.69, 9.17) is 5.11 Å². The molecule has 17 heavy (non-hydrogen) atoms. The smallest absolute Gasteiger partial charge is 0.326 e. The minimum atomic E-state index is -0.787. The van der Waals surface area contributed by atoms with Crippen LogP contribution in [0.3, 0.4) is 0 Å². The SMILES string of the molecule is CCSCC[C@H](Nc1ccccc1C)C(=O)O. The first-order valence-electron chi connectivity index (χ1n) is 5.78. The van der Waals surface area contributed by atoms with E-state index in [1.54, 1.807) is 11.8 Å². The zero-order valence-corrected chi connectivity index (χ0v) is 11.1. The largest absolute Gasteiger partial charge is 0.480 e. The number of carboxylic acid groups (broad SMARTS) is 1. The lowest BCUT2D eigenvalue weighted by Gasteiger charge is -2.17. The van der Waals surface area contributed by atoms with E-state index in [-0.39, 0.29) is 0 Å². The maximum Gasteiger partial charge on any atom is 0.326 e. The molecule has 3 nitrogen and oxygen atoms in total. The maximum absolute atomic E-state index is 11.1. The van der Waals surface area contributed by atoms with E-state index in [2.05, 4.69) is 12.2 Å². The Hall–Kier alpha value is -1.16. The average Bonchev–Trinajstić information content (AvgIpc) is 2.30. The Labute approximate surface area is 107 Å². The summed E-state index contributed by atoms with van der Waals surface area (Å²) >= 11 is 1.77. The molecule has 0 bridgehead atoms. The number of hydrogen-bond acceptors (Lipinski definition) is 3. The van der Waals surface area contributed by atoms with Crippen molar-refractivity contribution >= 4 is 23.4 Å². The van der Waals surface area contributed by atoms with Crippen molar-refractivity contribution in [2.75, 3.05) is 16.8 Å². The lowest BCUT2D eigenvalue weighted by molar-refractivity contribution is -0.137. The van der Waals surface area contributed by atoms with Crippen molar-refractivity contribution in [3.63, 3.8) is 0 Å². The fourth-order valence-corrected chi connectivity index (χ4v) is 2.22. The van der Waals surface area contributed by atoms with Crippen LogP contribution in [0.2, 0.25) is 0 Å². The molecule has 0 heterocycles. The van der Waals surface area contributed by atoms with Gasteiger partial charge in [0.05, 0.1) is 0 Å². The van der Waals surface area contributed by atoms with Crippen LogP contribution in [0, 0.1) is 6.92 Å². The normalized spacial score (nSPS) is 12.1. The molecule has 0 unspecified atom stereocenters. The van der Waals surface area contributed by atoms with E-state index in [1.165, 1.54) is 0 Å². The number of aryl methyl sites for hydroxylation is 1. The first-order valence-corrected chi connectivity index (χ1v) is 6.93. The van der Waals surface area contributed by atoms with Crippen LogP contribution >= 0.6 is 11.8 Å². The summed E-state index contributed by atoms with van der Waals surface area (Å²) in [6.45, 7) is 4.05. The predicted octanol–water partition coefficient (Wildman–Crippen LogP) is 3.00. The van der Waals surface area contributed by atoms with Gasteiger partial charge in [-0.05, 0) is 36.5 Å². The van der Waals surface area contributed by atoms with Crippen LogP contribution in [0.4, 0.5) is 5.69 Å². The van der Waals surface area contributed by atoms with E-state index < -0.39 is 12.0 Å². The highest BCUT2D eigenvalue weighted by Crippen LogP contribution is 2.16. The number of carbonyl (C=O) groups is 1. The zero-order valence-electron chi connectivity index (χ0n) is 10.3. The molecule has 1 rings (SSSR count). The molecule has 1 aromatic rings. The monoisotopic (exact) mass is 253 g/mol. The van der Waals surface area contributed by atoms with Crippen molar-refractivity contribution in [3.8, 4) is 0 Å². The van der Waals surface area contributed by atoms with Gasteiger partial charge in [-0.3, -0.25) is 0 Å². The first kappa shape index (κ1) is 13.9. The molecular formula is C13H19NO2S. The quantitative estimate of drug-likeness (QED) is 0.733. The molecule has 1 aromatic carbocycles. The predicted molar refractivity (Wildman–Crippen MR) is 73.8 cm³/mol. The first-order chi connectivity index (χ1) is 8.15. The van der Waals surface area contributed by atoms with Gasteiger partial charge in [-0.15, -0.1) is 0 Å². The van der Waals surface area contributed by atoms with Crippen LogP contribution in [-0.4, -0.2) is 28.6 Å². The Morgan fingerprint density at radius 1 is 1.47 bits per heavy atom. The highest BCUT2D eigenvalue weighted by molar-refractivity contribution is 7.99. The molecule has 0 aliphatic heterocycles. The highest BCUT2D eigenvalue weighted by atomic mass is 32.2. The third-order valence-corrected chi connectivity index (χ3v) is 3.46. The van der Waals surface area contributed by atoms with Gasteiger partial charge in [0.15, 0.2) is 0 Å². The van der Waals surface area contributed by atoms with Crippen LogP contribution < -0.4 is 5.32 Å². The van der Waals surface area contributed by atoms with Crippen LogP contribution in [0.5, 0.6) is 0 Å². The summed E-state index contributed by atoms with van der Waals surface area (Å²) in [6.07, 6.45) is 0.641. The average molecular weight is 253 g/mol. The molecule has 4 heteroatoms. The van der Waals surface area contributed by atoms with Gasteiger partial charge in [0, 0.05) is 5.69 Å². The number of carboxylic acids is 1. The lowest BCUT2D eigenvalue weighted by Crippen LogP contribution is -2.30. The van der Waals surface area contributed by atoms with Gasteiger partial charge in [-0.25, -0.2) is 4.79 Å². The second-order valence-electron chi connectivity index (χ2n) is 3.84. The van der Waals surface area contributed by atoms with Crippen molar-refractivity contribution in [1.82, 2.24) is 0 Å². The molecule has 0 aliphatic rings. The number of aliphatic carboxylic acids is 1. The molecule has 0 aromatic heterocycles. The summed E-state index contributed by atoms with van der Waals surface area (Å²) in [5, 5.41) is 12.2. The van der Waals surface area contributed by atoms with Crippen molar-refractivity contribution < 1.29 is 9.90 Å². The van der Waals surface area contributed by atoms with Crippen molar-refractivity contribution in [3.05, 3.63) is 29.8 Å². The standard InChI is InChI=1S/C13H19NO2S/c1-3-17-9-8-12(13(15)16)14-11-7-5-4-6-10(11)2/h4-7,12,14H,3,8-9H2,1-2H3,(H,15,16)/t12-/m0/s1. The van der Waals surface area contributed by atoms with Crippen LogP contribution in [0.15, 0.2) is 24.3 Å². The maximum atomic E-state index is 11.1. The van der Waals surface area contributed by atoms with Gasteiger partial charge >= 0.3 is 5.97 Å². The number of benzene rings is 1. The fraction of sp³-hybridized carbons (Fsp3) is 0.462. The molecule has 1 atom stereocenters. The lowest BCUT2D eigenvalue weighted by atomic mass is 10.1. The Morgan fingerprint density at radius 3 is 2.76 bits per heavy atom. The number of rotatable bonds is 7. The minimum Gasteiger partial charge on any atom is -0.480 e. The van der Waals surface area contributed by atoms with E-state index in [9.17, 15) is 4.79 Å². The summed E-state index contributed by atoms with van der Waals surface area (Å²) in [5.74, 6) is 1.10. The zero-order chi connectivity index (χ0) is 12.7. The summed E-state index contributed by atoms with van der Waals surface area (Å²) in [5.41, 5.74) is 1.98. The Morgan fingerprint density at radius 2 is 2.18 bits per heavy atom. The van der Waals surface area contributed by atoms with E-state index in [0.717, 1.165) is 22.8 Å². The Kier molecular flexibility index (Phi) is 5.91. The van der Waals surface area contributed by atoms with Crippen LogP contribution in [0.1, 0.15) is 18.9 Å². The van der Waals surface area contributed by atoms with Crippen LogP contribution in [-0.2, 0) is 4.79 Å². The van der Waals surface area contributed by atoms with Gasteiger partial charge in [0.1, 0.15) is 6.04 Å². The molecule has 0 amide bonds. The molecule has 0 fully saturated rings. The van der Waals surface area contributed by atoms with Crippen molar-refractivity contribution in [2.45, 2.75) is 26.3 Å². The summed E-state index contributed by atoms with van der Waals surface area (Å²) in [6, 6.07) is 7.24. The molecule has 0 spiro atoms. The number of thioether (sulfide) groups is 1. The van der Waals surface area contributed by atoms with Gasteiger partial charge in [0.2, 0.25) is 0 Å². The summed E-state index contributed by atoms with van der Waals surface area (Å²) in [7, 11) is 0. The molecule has 0 saturated carbocycles. The van der Waals surface area contributed by atoms with Gasteiger partial charge in [-0.2, -0.15) is 11.8 Å². The second kappa shape index (κ2) is 7.22. The van der Waals surface area contributed by atoms with Crippen molar-refractivity contribution in [1.29, 1.82) is 0 Å². The molecule has 0 radical (unpaired) electrons. The second-order valence-corrected chi connectivity index (χ2v) is 5.23. The number of nitrogens with one attached hydrogen (secondary N) is 1. The Bertz CT molecular complexity index is 368. The number of anilines is 1. The minimum absolute atomic E-state index is 0.504. The Balaban J connectivity index is 2.61. The topological polar surface area (TPSA) is 49.3 Å². The fourth-order valence-electron chi connectivity index (χ4n) is 1.53. The molecule has 0 aliphatic carbocycles. The molecule has 0 saturated heterocycles. The molecular weight excluding hydrogens is 234 g/mol. The van der Waals surface area contributed by atoms with Crippen LogP contribution in [0.25, 0.3) is 0 Å². The van der Waals surface area contributed by atoms with Crippen molar-refractivity contribution in [2.24, 2.45) is 0 Å². The number of para-hydroxylation sites is 1. The third-order valence-electron chi connectivity index (χ3n) is 2.53. The van der Waals surface area contributed by atoms with Gasteiger partial charge < -0.3 is 10.4 Å². The molecule has 2 N–H and O–H groups in total. The van der Waals surface area contributed by atoms with E-state index >= 15 is 0 Å². The van der Waals surface area contributed by atoms with Gasteiger partial charge in [-0.1, -0.05) is 25.1 Å².